The van der Waals surface area contributed by atoms with Crippen LogP contribution in [0.15, 0.2) is 35.4 Å². The number of thiophene rings is 1. The third-order valence-corrected chi connectivity index (χ3v) is 6.24. The van der Waals surface area contributed by atoms with Gasteiger partial charge in [0.05, 0.1) is 30.4 Å². The third kappa shape index (κ3) is 3.41. The lowest BCUT2D eigenvalue weighted by atomic mass is 9.89. The molecule has 0 radical (unpaired) electrons. The van der Waals surface area contributed by atoms with Gasteiger partial charge in [-0.05, 0) is 55.4 Å². The predicted molar refractivity (Wildman–Crippen MR) is 107 cm³/mol. The van der Waals surface area contributed by atoms with Crippen molar-refractivity contribution in [1.82, 2.24) is 9.55 Å². The zero-order valence-electron chi connectivity index (χ0n) is 15.5. The lowest BCUT2D eigenvalue weighted by molar-refractivity contribution is 0.0526. The third-order valence-electron chi connectivity index (χ3n) is 5.07. The average Bonchev–Trinajstić information content (AvgIpc) is 3.02. The summed E-state index contributed by atoms with van der Waals surface area (Å²) in [5, 5.41) is 0.783. The average molecular weight is 382 g/mol. The normalized spacial score (nSPS) is 16.3. The van der Waals surface area contributed by atoms with Gasteiger partial charge in [-0.1, -0.05) is 19.1 Å². The van der Waals surface area contributed by atoms with E-state index in [0.717, 1.165) is 35.0 Å². The van der Waals surface area contributed by atoms with E-state index in [9.17, 15) is 9.59 Å². The van der Waals surface area contributed by atoms with Crippen molar-refractivity contribution in [3.63, 3.8) is 0 Å². The van der Waals surface area contributed by atoms with E-state index >= 15 is 0 Å². The van der Waals surface area contributed by atoms with Crippen molar-refractivity contribution in [2.75, 3.05) is 6.61 Å². The summed E-state index contributed by atoms with van der Waals surface area (Å²) in [7, 11) is 0. The minimum Gasteiger partial charge on any atom is -0.462 e. The Balaban J connectivity index is 1.69. The molecule has 0 saturated heterocycles. The van der Waals surface area contributed by atoms with Crippen LogP contribution in [0, 0.1) is 5.92 Å². The largest absolute Gasteiger partial charge is 0.462 e. The van der Waals surface area contributed by atoms with Gasteiger partial charge in [-0.25, -0.2) is 9.78 Å². The van der Waals surface area contributed by atoms with Crippen molar-refractivity contribution in [3.8, 4) is 0 Å². The summed E-state index contributed by atoms with van der Waals surface area (Å²) in [6.07, 6.45) is 4.73. The molecule has 0 amide bonds. The molecule has 0 aliphatic heterocycles. The first-order valence-electron chi connectivity index (χ1n) is 9.32. The number of hydrogen-bond donors (Lipinski definition) is 0. The van der Waals surface area contributed by atoms with Crippen LogP contribution in [0.2, 0.25) is 0 Å². The Morgan fingerprint density at radius 3 is 3.07 bits per heavy atom. The van der Waals surface area contributed by atoms with Crippen LogP contribution < -0.4 is 5.56 Å². The maximum absolute atomic E-state index is 13.1. The molecule has 2 aromatic heterocycles. The summed E-state index contributed by atoms with van der Waals surface area (Å²) >= 11 is 1.66. The summed E-state index contributed by atoms with van der Waals surface area (Å²) in [5.74, 6) is 0.319. The van der Waals surface area contributed by atoms with Crippen molar-refractivity contribution < 1.29 is 9.53 Å². The molecule has 0 unspecified atom stereocenters. The monoisotopic (exact) mass is 382 g/mol. The van der Waals surface area contributed by atoms with E-state index in [-0.39, 0.29) is 11.5 Å². The first-order valence-corrected chi connectivity index (χ1v) is 10.1. The van der Waals surface area contributed by atoms with Gasteiger partial charge in [0, 0.05) is 4.88 Å². The van der Waals surface area contributed by atoms with Gasteiger partial charge < -0.3 is 4.74 Å². The Labute approximate surface area is 161 Å². The molecule has 27 heavy (non-hydrogen) atoms. The SMILES string of the molecule is CCOC(=O)c1cccc(Cn2cnc3sc4c(c3c2=O)CC[C@@H](C)C4)c1. The van der Waals surface area contributed by atoms with Crippen molar-refractivity contribution in [3.05, 3.63) is 62.5 Å². The van der Waals surface area contributed by atoms with E-state index in [0.29, 0.717) is 24.6 Å². The fourth-order valence-electron chi connectivity index (χ4n) is 3.69. The topological polar surface area (TPSA) is 61.2 Å². The summed E-state index contributed by atoms with van der Waals surface area (Å²) in [6, 6.07) is 7.22. The van der Waals surface area contributed by atoms with Crippen molar-refractivity contribution >= 4 is 27.5 Å². The number of esters is 1. The fraction of sp³-hybridized carbons (Fsp3) is 0.381. The maximum atomic E-state index is 13.1. The van der Waals surface area contributed by atoms with Crippen LogP contribution in [0.5, 0.6) is 0 Å². The van der Waals surface area contributed by atoms with Crippen LogP contribution in [0.4, 0.5) is 0 Å². The molecular formula is C21H22N2O3S. The number of aromatic nitrogens is 2. The first kappa shape index (κ1) is 17.9. The molecule has 0 fully saturated rings. The van der Waals surface area contributed by atoms with Gasteiger partial charge in [0.25, 0.3) is 5.56 Å². The lowest BCUT2D eigenvalue weighted by Crippen LogP contribution is -2.22. The molecule has 1 aliphatic carbocycles. The fourth-order valence-corrected chi connectivity index (χ4v) is 5.03. The Hall–Kier alpha value is -2.47. The van der Waals surface area contributed by atoms with E-state index in [4.69, 9.17) is 4.74 Å². The summed E-state index contributed by atoms with van der Waals surface area (Å²) in [5.41, 5.74) is 2.58. The minimum absolute atomic E-state index is 0.00795. The van der Waals surface area contributed by atoms with E-state index < -0.39 is 0 Å². The van der Waals surface area contributed by atoms with Gasteiger partial charge in [0.2, 0.25) is 0 Å². The lowest BCUT2D eigenvalue weighted by Gasteiger charge is -2.17. The summed E-state index contributed by atoms with van der Waals surface area (Å²) < 4.78 is 6.69. The molecular weight excluding hydrogens is 360 g/mol. The number of nitrogens with zero attached hydrogens (tertiary/aromatic N) is 2. The van der Waals surface area contributed by atoms with Gasteiger partial charge in [0.1, 0.15) is 4.83 Å². The molecule has 2 heterocycles. The summed E-state index contributed by atoms with van der Waals surface area (Å²) in [4.78, 5) is 31.8. The molecule has 140 valence electrons. The van der Waals surface area contributed by atoms with E-state index in [1.165, 1.54) is 10.4 Å². The van der Waals surface area contributed by atoms with Gasteiger partial charge >= 0.3 is 5.97 Å². The van der Waals surface area contributed by atoms with E-state index in [1.54, 1.807) is 41.3 Å². The van der Waals surface area contributed by atoms with Crippen molar-refractivity contribution in [2.24, 2.45) is 5.92 Å². The quantitative estimate of drug-likeness (QED) is 0.644. The highest BCUT2D eigenvalue weighted by molar-refractivity contribution is 7.18. The van der Waals surface area contributed by atoms with Crippen LogP contribution in [-0.2, 0) is 24.1 Å². The molecule has 1 aliphatic rings. The molecule has 6 heteroatoms. The molecule has 1 atom stereocenters. The number of benzene rings is 1. The minimum atomic E-state index is -0.346. The molecule has 0 bridgehead atoms. The zero-order chi connectivity index (χ0) is 19.0. The highest BCUT2D eigenvalue weighted by Gasteiger charge is 2.23. The second-order valence-electron chi connectivity index (χ2n) is 7.13. The van der Waals surface area contributed by atoms with Crippen LogP contribution in [0.1, 0.15) is 46.6 Å². The second-order valence-corrected chi connectivity index (χ2v) is 8.21. The number of fused-ring (bicyclic) bond motifs is 3. The van der Waals surface area contributed by atoms with Crippen LogP contribution >= 0.6 is 11.3 Å². The van der Waals surface area contributed by atoms with Crippen LogP contribution in [0.3, 0.4) is 0 Å². The standard InChI is InChI=1S/C21H22N2O3S/c1-3-26-21(25)15-6-4-5-14(10-15)11-23-12-22-19-18(20(23)24)16-8-7-13(2)9-17(16)27-19/h4-6,10,12-13H,3,7-9,11H2,1-2H3/t13-/m1/s1. The van der Waals surface area contributed by atoms with Gasteiger partial charge in [-0.15, -0.1) is 11.3 Å². The number of ether oxygens (including phenoxy) is 1. The van der Waals surface area contributed by atoms with Crippen molar-refractivity contribution in [2.45, 2.75) is 39.7 Å². The van der Waals surface area contributed by atoms with Gasteiger partial charge in [0.15, 0.2) is 0 Å². The molecule has 4 rings (SSSR count). The molecule has 0 saturated carbocycles. The van der Waals surface area contributed by atoms with Crippen molar-refractivity contribution in [1.29, 1.82) is 0 Å². The smallest absolute Gasteiger partial charge is 0.338 e. The number of rotatable bonds is 4. The number of aryl methyl sites for hydroxylation is 1. The predicted octanol–water partition coefficient (Wildman–Crippen LogP) is 3.81. The Bertz CT molecular complexity index is 1070. The van der Waals surface area contributed by atoms with Gasteiger partial charge in [-0.2, -0.15) is 0 Å². The van der Waals surface area contributed by atoms with Crippen LogP contribution in [-0.4, -0.2) is 22.1 Å². The maximum Gasteiger partial charge on any atom is 0.338 e. The van der Waals surface area contributed by atoms with Gasteiger partial charge in [-0.3, -0.25) is 9.36 Å². The summed E-state index contributed by atoms with van der Waals surface area (Å²) in [6.45, 7) is 4.76. The number of hydrogen-bond acceptors (Lipinski definition) is 5. The highest BCUT2D eigenvalue weighted by atomic mass is 32.1. The molecule has 0 N–H and O–H groups in total. The van der Waals surface area contributed by atoms with Crippen LogP contribution in [0.25, 0.3) is 10.2 Å². The Kier molecular flexibility index (Phi) is 4.83. The zero-order valence-corrected chi connectivity index (χ0v) is 16.3. The molecule has 3 aromatic rings. The highest BCUT2D eigenvalue weighted by Crippen LogP contribution is 2.35. The number of carbonyl (C=O) groups is 1. The number of carbonyl (C=O) groups excluding carboxylic acids is 1. The molecule has 1 aromatic carbocycles. The first-order chi connectivity index (χ1) is 13.1. The Morgan fingerprint density at radius 1 is 1.41 bits per heavy atom. The Morgan fingerprint density at radius 2 is 2.26 bits per heavy atom. The molecule has 5 nitrogen and oxygen atoms in total. The molecule has 0 spiro atoms. The second kappa shape index (κ2) is 7.27. The van der Waals surface area contributed by atoms with E-state index in [1.807, 2.05) is 12.1 Å². The van der Waals surface area contributed by atoms with E-state index in [2.05, 4.69) is 11.9 Å².